The molecule has 11 nitrogen and oxygen atoms in total. The van der Waals surface area contributed by atoms with Crippen LogP contribution in [0.15, 0.2) is 85.1 Å². The van der Waals surface area contributed by atoms with Crippen molar-refractivity contribution >= 4 is 23.2 Å². The van der Waals surface area contributed by atoms with Gasteiger partial charge in [-0.25, -0.2) is 0 Å². The van der Waals surface area contributed by atoms with Gasteiger partial charge in [-0.1, -0.05) is 36.4 Å². The SMILES string of the molecule is COc1ccc(C(=O)Nc2ccc(CN3C(=O)[C@@](O)([C@@H](C)/C=C/CCn4cc(CCO)nn4)c4cc(OC)ccc43)cc2)cc1. The van der Waals surface area contributed by atoms with Crippen LogP contribution in [0.4, 0.5) is 11.4 Å². The van der Waals surface area contributed by atoms with E-state index in [4.69, 9.17) is 14.6 Å². The van der Waals surface area contributed by atoms with E-state index in [1.807, 2.05) is 31.2 Å². The first-order valence-electron chi connectivity index (χ1n) is 14.7. The number of benzene rings is 3. The molecule has 0 saturated heterocycles. The number of methoxy groups -OCH3 is 2. The molecule has 45 heavy (non-hydrogen) atoms. The fourth-order valence-electron chi connectivity index (χ4n) is 5.36. The van der Waals surface area contributed by atoms with Crippen LogP contribution >= 0.6 is 0 Å². The number of hydrogen-bond acceptors (Lipinski definition) is 8. The van der Waals surface area contributed by atoms with E-state index in [9.17, 15) is 14.7 Å². The average molecular weight is 612 g/mol. The third-order valence-electron chi connectivity index (χ3n) is 7.94. The number of carbonyl (C=O) groups is 2. The maximum atomic E-state index is 14.0. The standard InChI is InChI=1S/C34H37N5O6/c1-23(6-4-5-18-38-22-27(17-19-40)36-37-38)34(43)30-20-29(45-3)15-16-31(30)39(33(34)42)21-24-7-11-26(12-8-24)35-32(41)25-9-13-28(44-2)14-10-25/h4,6-16,20,22-23,40,43H,5,17-19,21H2,1-3H3,(H,35,41)/b6-4+/t23-,34+/m0/s1. The maximum absolute atomic E-state index is 14.0. The molecule has 0 spiro atoms. The van der Waals surface area contributed by atoms with Gasteiger partial charge in [-0.15, -0.1) is 5.10 Å². The van der Waals surface area contributed by atoms with Crippen molar-refractivity contribution in [1.29, 1.82) is 0 Å². The van der Waals surface area contributed by atoms with Gasteiger partial charge in [-0.2, -0.15) is 0 Å². The van der Waals surface area contributed by atoms with Crippen molar-refractivity contribution in [2.45, 2.75) is 38.5 Å². The number of nitrogens with zero attached hydrogens (tertiary/aromatic N) is 4. The summed E-state index contributed by atoms with van der Waals surface area (Å²) in [6, 6.07) is 19.4. The van der Waals surface area contributed by atoms with Gasteiger partial charge in [-0.05, 0) is 66.6 Å². The molecule has 1 aromatic heterocycles. The number of carbonyl (C=O) groups excluding carboxylic acids is 2. The first kappa shape index (κ1) is 31.4. The monoisotopic (exact) mass is 611 g/mol. The Kier molecular flexibility index (Phi) is 9.60. The predicted molar refractivity (Wildman–Crippen MR) is 169 cm³/mol. The normalized spacial score (nSPS) is 16.6. The highest BCUT2D eigenvalue weighted by atomic mass is 16.5. The van der Waals surface area contributed by atoms with E-state index in [-0.39, 0.29) is 19.1 Å². The number of allylic oxidation sites excluding steroid dienone is 1. The van der Waals surface area contributed by atoms with Gasteiger partial charge in [-0.3, -0.25) is 14.3 Å². The lowest BCUT2D eigenvalue weighted by Crippen LogP contribution is -2.44. The van der Waals surface area contributed by atoms with Crippen molar-refractivity contribution in [3.05, 3.63) is 107 Å². The van der Waals surface area contributed by atoms with Crippen LogP contribution in [0.5, 0.6) is 11.5 Å². The number of ether oxygens (including phenoxy) is 2. The molecule has 234 valence electrons. The Balaban J connectivity index is 1.29. The number of rotatable bonds is 13. The molecule has 0 unspecified atom stereocenters. The molecule has 0 saturated carbocycles. The molecule has 0 radical (unpaired) electrons. The molecule has 1 aliphatic rings. The van der Waals surface area contributed by atoms with Crippen LogP contribution in [0.1, 0.15) is 40.5 Å². The molecule has 2 amide bonds. The fourth-order valence-corrected chi connectivity index (χ4v) is 5.36. The summed E-state index contributed by atoms with van der Waals surface area (Å²) in [5.74, 6) is -0.00812. The largest absolute Gasteiger partial charge is 0.497 e. The minimum Gasteiger partial charge on any atom is -0.497 e. The summed E-state index contributed by atoms with van der Waals surface area (Å²) in [6.07, 6.45) is 6.63. The van der Waals surface area contributed by atoms with Crippen LogP contribution in [-0.2, 0) is 29.9 Å². The predicted octanol–water partition coefficient (Wildman–Crippen LogP) is 4.10. The summed E-state index contributed by atoms with van der Waals surface area (Å²) >= 11 is 0. The lowest BCUT2D eigenvalue weighted by molar-refractivity contribution is -0.139. The van der Waals surface area contributed by atoms with E-state index >= 15 is 0 Å². The number of aromatic nitrogens is 3. The molecule has 2 heterocycles. The number of anilines is 2. The Hall–Kier alpha value is -5.00. The van der Waals surface area contributed by atoms with Gasteiger partial charge >= 0.3 is 0 Å². The van der Waals surface area contributed by atoms with Crippen molar-refractivity contribution in [3.63, 3.8) is 0 Å². The highest BCUT2D eigenvalue weighted by molar-refractivity contribution is 6.07. The third-order valence-corrected chi connectivity index (χ3v) is 7.94. The number of aliphatic hydroxyl groups excluding tert-OH is 1. The summed E-state index contributed by atoms with van der Waals surface area (Å²) < 4.78 is 12.3. The van der Waals surface area contributed by atoms with E-state index in [1.165, 1.54) is 0 Å². The Morgan fingerprint density at radius 3 is 2.44 bits per heavy atom. The molecule has 4 aromatic rings. The smallest absolute Gasteiger partial charge is 0.264 e. The lowest BCUT2D eigenvalue weighted by atomic mass is 9.83. The number of aryl methyl sites for hydroxylation is 1. The van der Waals surface area contributed by atoms with Crippen LogP contribution in [0, 0.1) is 5.92 Å². The van der Waals surface area contributed by atoms with Gasteiger partial charge in [0.2, 0.25) is 0 Å². The van der Waals surface area contributed by atoms with E-state index in [2.05, 4.69) is 15.6 Å². The molecular weight excluding hydrogens is 574 g/mol. The zero-order valence-electron chi connectivity index (χ0n) is 25.5. The number of hydrogen-bond donors (Lipinski definition) is 3. The summed E-state index contributed by atoms with van der Waals surface area (Å²) in [6.45, 7) is 2.63. The molecule has 0 aliphatic carbocycles. The molecular formula is C34H37N5O6. The van der Waals surface area contributed by atoms with Crippen molar-refractivity contribution in [2.24, 2.45) is 5.92 Å². The highest BCUT2D eigenvalue weighted by Gasteiger charge is 2.52. The topological polar surface area (TPSA) is 139 Å². The molecule has 2 atom stereocenters. The molecule has 1 aliphatic heterocycles. The highest BCUT2D eigenvalue weighted by Crippen LogP contribution is 2.47. The molecule has 3 aromatic carbocycles. The first-order chi connectivity index (χ1) is 21.8. The summed E-state index contributed by atoms with van der Waals surface area (Å²) in [7, 11) is 3.12. The first-order valence-corrected chi connectivity index (χ1v) is 14.7. The molecule has 0 bridgehead atoms. The van der Waals surface area contributed by atoms with E-state index in [0.717, 1.165) is 11.3 Å². The molecule has 11 heteroatoms. The summed E-state index contributed by atoms with van der Waals surface area (Å²) in [5.41, 5.74) is 1.96. The van der Waals surface area contributed by atoms with Crippen LogP contribution in [0.2, 0.25) is 0 Å². The van der Waals surface area contributed by atoms with Crippen molar-refractivity contribution in [2.75, 3.05) is 31.0 Å². The van der Waals surface area contributed by atoms with E-state index in [0.29, 0.717) is 53.4 Å². The van der Waals surface area contributed by atoms with E-state index < -0.39 is 17.4 Å². The third kappa shape index (κ3) is 6.74. The number of aliphatic hydroxyl groups is 2. The van der Waals surface area contributed by atoms with Gasteiger partial charge in [0, 0.05) is 48.5 Å². The Labute approximate surface area is 261 Å². The Morgan fingerprint density at radius 1 is 1.04 bits per heavy atom. The number of amides is 2. The van der Waals surface area contributed by atoms with Gasteiger partial charge in [0.1, 0.15) is 11.5 Å². The Bertz CT molecular complexity index is 1670. The van der Waals surface area contributed by atoms with Gasteiger partial charge in [0.15, 0.2) is 5.60 Å². The second-order valence-corrected chi connectivity index (χ2v) is 10.9. The quantitative estimate of drug-likeness (QED) is 0.192. The van der Waals surface area contributed by atoms with Gasteiger partial charge < -0.3 is 29.9 Å². The van der Waals surface area contributed by atoms with Crippen LogP contribution in [0.3, 0.4) is 0 Å². The lowest BCUT2D eigenvalue weighted by Gasteiger charge is -2.28. The second kappa shape index (κ2) is 13.7. The zero-order valence-corrected chi connectivity index (χ0v) is 25.5. The van der Waals surface area contributed by atoms with Crippen LogP contribution in [-0.4, -0.2) is 57.8 Å². The van der Waals surface area contributed by atoms with Crippen LogP contribution < -0.4 is 19.7 Å². The maximum Gasteiger partial charge on any atom is 0.264 e. The number of fused-ring (bicyclic) bond motifs is 1. The van der Waals surface area contributed by atoms with Crippen LogP contribution in [0.25, 0.3) is 0 Å². The zero-order chi connectivity index (χ0) is 32.0. The second-order valence-electron chi connectivity index (χ2n) is 10.9. The Morgan fingerprint density at radius 2 is 1.76 bits per heavy atom. The van der Waals surface area contributed by atoms with E-state index in [1.54, 1.807) is 84.6 Å². The van der Waals surface area contributed by atoms with Crippen molar-refractivity contribution < 1.29 is 29.3 Å². The van der Waals surface area contributed by atoms with Gasteiger partial charge in [0.05, 0.1) is 32.1 Å². The fraction of sp³-hybridized carbons (Fsp3) is 0.294. The molecule has 3 N–H and O–H groups in total. The minimum absolute atomic E-state index is 0.0148. The summed E-state index contributed by atoms with van der Waals surface area (Å²) in [4.78, 5) is 28.2. The number of nitrogens with one attached hydrogen (secondary N) is 1. The molecule has 5 rings (SSSR count). The summed E-state index contributed by atoms with van der Waals surface area (Å²) in [5, 5.41) is 32.1. The average Bonchev–Trinajstić information content (AvgIpc) is 3.60. The van der Waals surface area contributed by atoms with Crippen molar-refractivity contribution in [3.8, 4) is 11.5 Å². The van der Waals surface area contributed by atoms with Crippen molar-refractivity contribution in [1.82, 2.24) is 15.0 Å². The van der Waals surface area contributed by atoms with Gasteiger partial charge in [0.25, 0.3) is 11.8 Å². The molecule has 0 fully saturated rings. The minimum atomic E-state index is -1.80.